The molecule has 11 heteroatoms. The van der Waals surface area contributed by atoms with E-state index in [1.807, 2.05) is 6.92 Å². The van der Waals surface area contributed by atoms with Crippen LogP contribution in [-0.4, -0.2) is 56.6 Å². The second-order valence-corrected chi connectivity index (χ2v) is 12.2. The van der Waals surface area contributed by atoms with Crippen LogP contribution in [-0.2, 0) is 26.2 Å². The molecule has 0 heterocycles. The molecule has 1 saturated carbocycles. The van der Waals surface area contributed by atoms with E-state index in [1.54, 1.807) is 49.4 Å². The Bertz CT molecular complexity index is 1200. The van der Waals surface area contributed by atoms with Gasteiger partial charge in [0.25, 0.3) is 0 Å². The number of nitrogens with zero attached hydrogens (tertiary/aromatic N) is 2. The Morgan fingerprint density at radius 3 is 2.21 bits per heavy atom. The molecule has 38 heavy (non-hydrogen) atoms. The summed E-state index contributed by atoms with van der Waals surface area (Å²) in [4.78, 5) is 28.3. The van der Waals surface area contributed by atoms with Gasteiger partial charge in [0, 0.05) is 28.2 Å². The fourth-order valence-corrected chi connectivity index (χ4v) is 5.86. The van der Waals surface area contributed by atoms with Gasteiger partial charge in [-0.15, -0.1) is 0 Å². The van der Waals surface area contributed by atoms with E-state index < -0.39 is 28.5 Å². The van der Waals surface area contributed by atoms with Gasteiger partial charge in [-0.25, -0.2) is 8.42 Å². The van der Waals surface area contributed by atoms with Crippen LogP contribution in [0, 0.1) is 0 Å². The lowest BCUT2D eigenvalue weighted by molar-refractivity contribution is -0.139. The summed E-state index contributed by atoms with van der Waals surface area (Å²) in [6, 6.07) is 10.6. The Labute approximate surface area is 235 Å². The van der Waals surface area contributed by atoms with Gasteiger partial charge in [0.05, 0.1) is 18.6 Å². The standard InChI is InChI=1S/C27H35Cl2N3O5S/c1-4-37-22-15-13-21(14-16-22)32(38(3,35)36)18-26(33)31(17-23-24(28)11-8-12-25(23)29)19(2)27(34)30-20-9-6-5-7-10-20/h8,11-16,19-20H,4-7,9-10,17-18H2,1-3H3,(H,30,34)/t19-/m0/s1. The third-order valence-electron chi connectivity index (χ3n) is 6.62. The fourth-order valence-electron chi connectivity index (χ4n) is 4.49. The van der Waals surface area contributed by atoms with Gasteiger partial charge in [-0.1, -0.05) is 48.5 Å². The molecule has 0 bridgehead atoms. The van der Waals surface area contributed by atoms with E-state index in [4.69, 9.17) is 27.9 Å². The Balaban J connectivity index is 1.90. The molecule has 0 aliphatic heterocycles. The molecule has 0 radical (unpaired) electrons. The van der Waals surface area contributed by atoms with Gasteiger partial charge in [-0.05, 0) is 63.1 Å². The van der Waals surface area contributed by atoms with Crippen molar-refractivity contribution in [1.29, 1.82) is 0 Å². The zero-order valence-corrected chi connectivity index (χ0v) is 24.3. The number of halogens is 2. The summed E-state index contributed by atoms with van der Waals surface area (Å²) in [5, 5.41) is 3.76. The van der Waals surface area contributed by atoms with E-state index in [0.29, 0.717) is 33.7 Å². The molecule has 1 atom stereocenters. The minimum atomic E-state index is -3.84. The Morgan fingerprint density at radius 2 is 1.66 bits per heavy atom. The number of rotatable bonds is 11. The van der Waals surface area contributed by atoms with E-state index in [9.17, 15) is 18.0 Å². The molecule has 0 spiro atoms. The molecule has 208 valence electrons. The Hall–Kier alpha value is -2.49. The van der Waals surface area contributed by atoms with Crippen LogP contribution >= 0.6 is 23.2 Å². The highest BCUT2D eigenvalue weighted by Gasteiger charge is 2.32. The zero-order valence-electron chi connectivity index (χ0n) is 22.0. The minimum absolute atomic E-state index is 0.0518. The number of hydrogen-bond acceptors (Lipinski definition) is 5. The number of carbonyl (C=O) groups excluding carboxylic acids is 2. The number of hydrogen-bond donors (Lipinski definition) is 1. The van der Waals surface area contributed by atoms with E-state index in [1.165, 1.54) is 4.90 Å². The molecular weight excluding hydrogens is 549 g/mol. The minimum Gasteiger partial charge on any atom is -0.494 e. The summed E-state index contributed by atoms with van der Waals surface area (Å²) in [5.41, 5.74) is 0.785. The first kappa shape index (κ1) is 30.1. The zero-order chi connectivity index (χ0) is 27.9. The number of benzene rings is 2. The number of carbonyl (C=O) groups is 2. The molecule has 2 amide bonds. The fraction of sp³-hybridized carbons (Fsp3) is 0.481. The van der Waals surface area contributed by atoms with Gasteiger partial charge in [0.15, 0.2) is 0 Å². The maximum Gasteiger partial charge on any atom is 0.244 e. The summed E-state index contributed by atoms with van der Waals surface area (Å²) in [6.07, 6.45) is 6.05. The highest BCUT2D eigenvalue weighted by atomic mass is 35.5. The van der Waals surface area contributed by atoms with Crippen molar-refractivity contribution >= 4 is 50.7 Å². The monoisotopic (exact) mass is 583 g/mol. The van der Waals surface area contributed by atoms with Crippen molar-refractivity contribution in [2.45, 2.75) is 64.6 Å². The predicted molar refractivity (Wildman–Crippen MR) is 151 cm³/mol. The van der Waals surface area contributed by atoms with E-state index in [0.717, 1.165) is 42.7 Å². The lowest BCUT2D eigenvalue weighted by Crippen LogP contribution is -2.53. The van der Waals surface area contributed by atoms with Gasteiger partial charge in [-0.3, -0.25) is 13.9 Å². The van der Waals surface area contributed by atoms with Gasteiger partial charge < -0.3 is 15.0 Å². The molecular formula is C27H35Cl2N3O5S. The molecule has 1 N–H and O–H groups in total. The number of sulfonamides is 1. The topological polar surface area (TPSA) is 96.0 Å². The third-order valence-corrected chi connectivity index (χ3v) is 8.47. The van der Waals surface area contributed by atoms with E-state index in [-0.39, 0.29) is 18.5 Å². The van der Waals surface area contributed by atoms with Crippen LogP contribution in [0.3, 0.4) is 0 Å². The summed E-state index contributed by atoms with van der Waals surface area (Å²) in [5.74, 6) is -0.286. The lowest BCUT2D eigenvalue weighted by atomic mass is 9.95. The molecule has 1 fully saturated rings. The predicted octanol–water partition coefficient (Wildman–Crippen LogP) is 5.02. The Kier molecular flexibility index (Phi) is 10.7. The van der Waals surface area contributed by atoms with Gasteiger partial charge in [-0.2, -0.15) is 0 Å². The highest BCUT2D eigenvalue weighted by molar-refractivity contribution is 7.92. The van der Waals surface area contributed by atoms with Crippen molar-refractivity contribution in [2.75, 3.05) is 23.7 Å². The summed E-state index contributed by atoms with van der Waals surface area (Å²) in [7, 11) is -3.84. The molecule has 0 unspecified atom stereocenters. The largest absolute Gasteiger partial charge is 0.494 e. The summed E-state index contributed by atoms with van der Waals surface area (Å²) < 4.78 is 31.9. The third kappa shape index (κ3) is 8.01. The maximum absolute atomic E-state index is 13.7. The quantitative estimate of drug-likeness (QED) is 0.400. The SMILES string of the molecule is CCOc1ccc(N(CC(=O)N(Cc2c(Cl)cccc2Cl)[C@@H](C)C(=O)NC2CCCCC2)S(C)(=O)=O)cc1. The average molecular weight is 585 g/mol. The molecule has 3 rings (SSSR count). The first-order chi connectivity index (χ1) is 18.0. The number of amides is 2. The molecule has 2 aromatic carbocycles. The van der Waals surface area contributed by atoms with Gasteiger partial charge in [0.1, 0.15) is 18.3 Å². The smallest absolute Gasteiger partial charge is 0.244 e. The second-order valence-electron chi connectivity index (χ2n) is 9.44. The molecule has 1 aliphatic rings. The maximum atomic E-state index is 13.7. The molecule has 1 aliphatic carbocycles. The van der Waals surface area contributed by atoms with Crippen LogP contribution in [0.4, 0.5) is 5.69 Å². The number of nitrogens with one attached hydrogen (secondary N) is 1. The van der Waals surface area contributed by atoms with Crippen molar-refractivity contribution < 1.29 is 22.7 Å². The molecule has 2 aromatic rings. The van der Waals surface area contributed by atoms with Crippen LogP contribution in [0.15, 0.2) is 42.5 Å². The second kappa shape index (κ2) is 13.5. The lowest BCUT2D eigenvalue weighted by Gasteiger charge is -2.33. The molecule has 0 saturated heterocycles. The van der Waals surface area contributed by atoms with Crippen LogP contribution in [0.5, 0.6) is 5.75 Å². The average Bonchev–Trinajstić information content (AvgIpc) is 2.87. The van der Waals surface area contributed by atoms with Gasteiger partial charge >= 0.3 is 0 Å². The van der Waals surface area contributed by atoms with Crippen LogP contribution in [0.25, 0.3) is 0 Å². The first-order valence-corrected chi connectivity index (χ1v) is 15.3. The van der Waals surface area contributed by atoms with E-state index >= 15 is 0 Å². The van der Waals surface area contributed by atoms with Crippen LogP contribution < -0.4 is 14.4 Å². The molecule has 0 aromatic heterocycles. The number of ether oxygens (including phenoxy) is 1. The highest BCUT2D eigenvalue weighted by Crippen LogP contribution is 2.28. The number of anilines is 1. The molecule has 8 nitrogen and oxygen atoms in total. The van der Waals surface area contributed by atoms with Crippen LogP contribution in [0.2, 0.25) is 10.0 Å². The van der Waals surface area contributed by atoms with Crippen molar-refractivity contribution in [3.63, 3.8) is 0 Å². The van der Waals surface area contributed by atoms with Crippen LogP contribution in [0.1, 0.15) is 51.5 Å². The summed E-state index contributed by atoms with van der Waals surface area (Å²) >= 11 is 12.8. The summed E-state index contributed by atoms with van der Waals surface area (Å²) in [6.45, 7) is 3.38. The van der Waals surface area contributed by atoms with Crippen molar-refractivity contribution in [3.05, 3.63) is 58.1 Å². The van der Waals surface area contributed by atoms with Crippen molar-refractivity contribution in [3.8, 4) is 5.75 Å². The van der Waals surface area contributed by atoms with E-state index in [2.05, 4.69) is 5.32 Å². The van der Waals surface area contributed by atoms with Crippen molar-refractivity contribution in [2.24, 2.45) is 0 Å². The first-order valence-electron chi connectivity index (χ1n) is 12.7. The Morgan fingerprint density at radius 1 is 1.05 bits per heavy atom. The van der Waals surface area contributed by atoms with Crippen molar-refractivity contribution in [1.82, 2.24) is 10.2 Å². The normalized spacial score (nSPS) is 15.0. The van der Waals surface area contributed by atoms with Gasteiger partial charge in [0.2, 0.25) is 21.8 Å².